The Morgan fingerprint density at radius 2 is 2.16 bits per heavy atom. The third kappa shape index (κ3) is 3.70. The highest BCUT2D eigenvalue weighted by Crippen LogP contribution is 2.22. The van der Waals surface area contributed by atoms with Gasteiger partial charge in [-0.1, -0.05) is 18.2 Å². The maximum Gasteiger partial charge on any atom is 0.319 e. The minimum absolute atomic E-state index is 0.0124. The number of aliphatic hydroxyl groups excluding tert-OH is 1. The number of rotatable bonds is 6. The normalized spacial score (nSPS) is 10.6. The largest absolute Gasteiger partial charge is 0.394 e. The Morgan fingerprint density at radius 1 is 1.32 bits per heavy atom. The van der Waals surface area contributed by atoms with Gasteiger partial charge in [-0.15, -0.1) is 0 Å². The third-order valence-electron chi connectivity index (χ3n) is 2.61. The highest BCUT2D eigenvalue weighted by Gasteiger charge is 2.06. The van der Waals surface area contributed by atoms with Gasteiger partial charge in [0.1, 0.15) is 0 Å². The van der Waals surface area contributed by atoms with Crippen LogP contribution < -0.4 is 10.6 Å². The molecule has 6 heteroatoms. The number of anilines is 1. The lowest BCUT2D eigenvalue weighted by Gasteiger charge is -2.07. The number of urea groups is 1. The zero-order valence-electron chi connectivity index (χ0n) is 10.5. The molecule has 2 aromatic rings. The molecule has 0 saturated carbocycles. The van der Waals surface area contributed by atoms with E-state index >= 15 is 0 Å². The molecule has 0 fully saturated rings. The first-order valence-corrected chi connectivity index (χ1v) is 6.11. The van der Waals surface area contributed by atoms with Crippen molar-refractivity contribution in [3.05, 3.63) is 30.5 Å². The molecule has 0 aliphatic carbocycles. The van der Waals surface area contributed by atoms with Gasteiger partial charge < -0.3 is 25.5 Å². The van der Waals surface area contributed by atoms with Crippen LogP contribution in [-0.2, 0) is 4.74 Å². The Hall–Kier alpha value is -2.05. The van der Waals surface area contributed by atoms with Crippen molar-refractivity contribution in [2.45, 2.75) is 0 Å². The summed E-state index contributed by atoms with van der Waals surface area (Å²) in [5.74, 6) is 0. The van der Waals surface area contributed by atoms with Gasteiger partial charge in [0.15, 0.2) is 0 Å². The first kappa shape index (κ1) is 13.4. The highest BCUT2D eigenvalue weighted by molar-refractivity contribution is 6.00. The molecule has 0 spiro atoms. The zero-order chi connectivity index (χ0) is 13.5. The van der Waals surface area contributed by atoms with E-state index in [0.29, 0.717) is 13.2 Å². The third-order valence-corrected chi connectivity index (χ3v) is 2.61. The smallest absolute Gasteiger partial charge is 0.319 e. The number of benzene rings is 1. The molecule has 4 N–H and O–H groups in total. The topological polar surface area (TPSA) is 86.4 Å². The lowest BCUT2D eigenvalue weighted by atomic mass is 10.2. The molecule has 0 aliphatic rings. The number of amides is 2. The molecular formula is C13H17N3O3. The Bertz CT molecular complexity index is 539. The van der Waals surface area contributed by atoms with Gasteiger partial charge in [0.05, 0.1) is 25.5 Å². The Balaban J connectivity index is 1.82. The van der Waals surface area contributed by atoms with Crippen LogP contribution in [0.15, 0.2) is 30.5 Å². The molecule has 0 saturated heterocycles. The van der Waals surface area contributed by atoms with E-state index in [-0.39, 0.29) is 19.2 Å². The van der Waals surface area contributed by atoms with Gasteiger partial charge in [-0.05, 0) is 6.07 Å². The van der Waals surface area contributed by atoms with Crippen LogP contribution in [0.25, 0.3) is 10.9 Å². The summed E-state index contributed by atoms with van der Waals surface area (Å²) in [5, 5.41) is 14.9. The molecular weight excluding hydrogens is 246 g/mol. The second-order valence-electron chi connectivity index (χ2n) is 3.96. The molecule has 6 nitrogen and oxygen atoms in total. The minimum Gasteiger partial charge on any atom is -0.394 e. The van der Waals surface area contributed by atoms with Crippen molar-refractivity contribution >= 4 is 22.6 Å². The van der Waals surface area contributed by atoms with Crippen molar-refractivity contribution < 1.29 is 14.6 Å². The van der Waals surface area contributed by atoms with Crippen LogP contribution in [0.5, 0.6) is 0 Å². The molecule has 19 heavy (non-hydrogen) atoms. The number of fused-ring (bicyclic) bond motifs is 1. The summed E-state index contributed by atoms with van der Waals surface area (Å²) >= 11 is 0. The van der Waals surface area contributed by atoms with Crippen molar-refractivity contribution in [1.29, 1.82) is 0 Å². The summed E-state index contributed by atoms with van der Waals surface area (Å²) in [6.45, 7) is 1.04. The van der Waals surface area contributed by atoms with Crippen LogP contribution >= 0.6 is 0 Å². The summed E-state index contributed by atoms with van der Waals surface area (Å²) < 4.78 is 5.04. The number of hydrogen-bond acceptors (Lipinski definition) is 3. The molecule has 1 aromatic heterocycles. The summed E-state index contributed by atoms with van der Waals surface area (Å²) in [4.78, 5) is 14.7. The van der Waals surface area contributed by atoms with E-state index in [4.69, 9.17) is 9.84 Å². The van der Waals surface area contributed by atoms with E-state index in [1.54, 1.807) is 6.20 Å². The number of aromatic nitrogens is 1. The average molecular weight is 263 g/mol. The minimum atomic E-state index is -0.280. The van der Waals surface area contributed by atoms with Crippen molar-refractivity contribution in [2.24, 2.45) is 0 Å². The fourth-order valence-corrected chi connectivity index (χ4v) is 1.74. The summed E-state index contributed by atoms with van der Waals surface area (Å²) in [7, 11) is 0. The first-order valence-electron chi connectivity index (χ1n) is 6.11. The van der Waals surface area contributed by atoms with Gasteiger partial charge in [0.2, 0.25) is 0 Å². The molecule has 0 bridgehead atoms. The standard InChI is InChI=1S/C13H17N3O3/c17-6-8-19-7-5-14-13(18)16-12-9-15-11-4-2-1-3-10(11)12/h1-4,9,15,17H,5-8H2,(H2,14,16,18). The van der Waals surface area contributed by atoms with Crippen molar-refractivity contribution in [3.63, 3.8) is 0 Å². The number of aromatic amines is 1. The SMILES string of the molecule is O=C(NCCOCCO)Nc1c[nH]c2ccccc12. The quantitative estimate of drug-likeness (QED) is 0.592. The van der Waals surface area contributed by atoms with Gasteiger partial charge in [-0.25, -0.2) is 4.79 Å². The van der Waals surface area contributed by atoms with Gasteiger partial charge in [0.25, 0.3) is 0 Å². The van der Waals surface area contributed by atoms with Gasteiger partial charge >= 0.3 is 6.03 Å². The van der Waals surface area contributed by atoms with Gasteiger partial charge in [-0.3, -0.25) is 0 Å². The maximum atomic E-state index is 11.6. The van der Waals surface area contributed by atoms with E-state index in [2.05, 4.69) is 15.6 Å². The molecule has 2 amide bonds. The summed E-state index contributed by atoms with van der Waals surface area (Å²) in [5.41, 5.74) is 1.72. The second kappa shape index (κ2) is 6.77. The predicted molar refractivity (Wildman–Crippen MR) is 73.2 cm³/mol. The van der Waals surface area contributed by atoms with E-state index in [0.717, 1.165) is 16.6 Å². The van der Waals surface area contributed by atoms with Crippen molar-refractivity contribution in [3.8, 4) is 0 Å². The maximum absolute atomic E-state index is 11.6. The molecule has 1 heterocycles. The van der Waals surface area contributed by atoms with E-state index < -0.39 is 0 Å². The van der Waals surface area contributed by atoms with Crippen molar-refractivity contribution in [1.82, 2.24) is 10.3 Å². The van der Waals surface area contributed by atoms with Crippen LogP contribution in [0, 0.1) is 0 Å². The number of nitrogens with one attached hydrogen (secondary N) is 3. The number of hydrogen-bond donors (Lipinski definition) is 4. The lowest BCUT2D eigenvalue weighted by Crippen LogP contribution is -2.31. The first-order chi connectivity index (χ1) is 9.31. The second-order valence-corrected chi connectivity index (χ2v) is 3.96. The van der Waals surface area contributed by atoms with Crippen LogP contribution in [0.4, 0.5) is 10.5 Å². The molecule has 0 radical (unpaired) electrons. The Morgan fingerprint density at radius 3 is 3.00 bits per heavy atom. The zero-order valence-corrected chi connectivity index (χ0v) is 10.5. The fraction of sp³-hybridized carbons (Fsp3) is 0.308. The van der Waals surface area contributed by atoms with Gasteiger partial charge in [-0.2, -0.15) is 0 Å². The molecule has 1 aromatic carbocycles. The lowest BCUT2D eigenvalue weighted by molar-refractivity contribution is 0.0950. The number of para-hydroxylation sites is 1. The van der Waals surface area contributed by atoms with Gasteiger partial charge in [0, 0.05) is 23.6 Å². The number of H-pyrrole nitrogens is 1. The van der Waals surface area contributed by atoms with E-state index in [9.17, 15) is 4.79 Å². The molecule has 102 valence electrons. The van der Waals surface area contributed by atoms with E-state index in [1.807, 2.05) is 24.3 Å². The average Bonchev–Trinajstić information content (AvgIpc) is 2.82. The summed E-state index contributed by atoms with van der Waals surface area (Å²) in [6.07, 6.45) is 1.76. The molecule has 0 unspecified atom stereocenters. The fourth-order valence-electron chi connectivity index (χ4n) is 1.74. The monoisotopic (exact) mass is 263 g/mol. The highest BCUT2D eigenvalue weighted by atomic mass is 16.5. The number of ether oxygens (including phenoxy) is 1. The van der Waals surface area contributed by atoms with E-state index in [1.165, 1.54) is 0 Å². The van der Waals surface area contributed by atoms with Crippen LogP contribution in [0.2, 0.25) is 0 Å². The van der Waals surface area contributed by atoms with Crippen LogP contribution in [-0.4, -0.2) is 42.5 Å². The molecule has 0 aliphatic heterocycles. The number of carbonyl (C=O) groups excluding carboxylic acids is 1. The predicted octanol–water partition coefficient (Wildman–Crippen LogP) is 1.30. The van der Waals surface area contributed by atoms with Crippen LogP contribution in [0.3, 0.4) is 0 Å². The molecule has 2 rings (SSSR count). The van der Waals surface area contributed by atoms with Crippen LogP contribution in [0.1, 0.15) is 0 Å². The Kier molecular flexibility index (Phi) is 4.77. The molecule has 0 atom stereocenters. The number of carbonyl (C=O) groups is 1. The van der Waals surface area contributed by atoms with Crippen molar-refractivity contribution in [2.75, 3.05) is 31.7 Å². The number of aliphatic hydroxyl groups is 1. The Labute approximate surface area is 110 Å². The summed E-state index contributed by atoms with van der Waals surface area (Å²) in [6, 6.07) is 7.45.